The summed E-state index contributed by atoms with van der Waals surface area (Å²) in [6.45, 7) is 2.73. The van der Waals surface area contributed by atoms with Gasteiger partial charge in [0.25, 0.3) is 5.69 Å². The summed E-state index contributed by atoms with van der Waals surface area (Å²) in [7, 11) is 1.82. The van der Waals surface area contributed by atoms with Gasteiger partial charge in [-0.05, 0) is 18.1 Å². The fourth-order valence-corrected chi connectivity index (χ4v) is 2.62. The normalized spacial score (nSPS) is 10.6. The molecule has 1 heterocycles. The van der Waals surface area contributed by atoms with E-state index >= 15 is 0 Å². The molecule has 8 heteroatoms. The minimum Gasteiger partial charge on any atom is -0.380 e. The zero-order chi connectivity index (χ0) is 15.2. The summed E-state index contributed by atoms with van der Waals surface area (Å²) in [4.78, 5) is 14.9. The number of rotatable bonds is 7. The van der Waals surface area contributed by atoms with Crippen LogP contribution >= 0.6 is 11.8 Å². The zero-order valence-corrected chi connectivity index (χ0v) is 12.8. The Bertz CT molecular complexity index is 629. The minimum atomic E-state index is -0.353. The molecule has 0 radical (unpaired) electrons. The zero-order valence-electron chi connectivity index (χ0n) is 11.9. The summed E-state index contributed by atoms with van der Waals surface area (Å²) < 4.78 is 1.68. The van der Waals surface area contributed by atoms with Crippen LogP contribution in [0, 0.1) is 10.1 Å². The van der Waals surface area contributed by atoms with Crippen LogP contribution < -0.4 is 5.32 Å². The van der Waals surface area contributed by atoms with Crippen molar-refractivity contribution in [3.05, 3.63) is 40.2 Å². The average Bonchev–Trinajstić information content (AvgIpc) is 2.88. The Hall–Kier alpha value is -2.09. The Kier molecular flexibility index (Phi) is 5.15. The van der Waals surface area contributed by atoms with Crippen molar-refractivity contribution < 1.29 is 4.92 Å². The molecule has 1 aromatic carbocycles. The number of hydrogen-bond donors (Lipinski definition) is 1. The van der Waals surface area contributed by atoms with Gasteiger partial charge in [0, 0.05) is 25.4 Å². The lowest BCUT2D eigenvalue weighted by molar-refractivity contribution is -0.384. The summed E-state index contributed by atoms with van der Waals surface area (Å²) in [5.41, 5.74) is 1.56. The molecule has 0 spiro atoms. The molecular weight excluding hydrogens is 290 g/mol. The summed E-state index contributed by atoms with van der Waals surface area (Å²) in [6.07, 6.45) is 2.41. The van der Waals surface area contributed by atoms with E-state index in [0.29, 0.717) is 18.0 Å². The van der Waals surface area contributed by atoms with Gasteiger partial charge in [0.15, 0.2) is 5.16 Å². The number of hydrogen-bond acceptors (Lipinski definition) is 6. The molecule has 0 saturated carbocycles. The number of nitrogens with one attached hydrogen (secondary N) is 1. The second-order valence-electron chi connectivity index (χ2n) is 4.49. The number of nitro benzene ring substituents is 1. The van der Waals surface area contributed by atoms with E-state index in [0.717, 1.165) is 17.1 Å². The van der Waals surface area contributed by atoms with Crippen LogP contribution in [0.3, 0.4) is 0 Å². The Morgan fingerprint density at radius 2 is 2.29 bits per heavy atom. The van der Waals surface area contributed by atoms with Gasteiger partial charge in [-0.3, -0.25) is 10.1 Å². The van der Waals surface area contributed by atoms with Gasteiger partial charge in [-0.15, -0.1) is 0 Å². The summed E-state index contributed by atoms with van der Waals surface area (Å²) >= 11 is 1.50. The largest absolute Gasteiger partial charge is 0.380 e. The SMILES string of the molecule is CCCNc1ccc(CSc2ncnn2C)cc1[N+](=O)[O-]. The minimum absolute atomic E-state index is 0.111. The van der Waals surface area contributed by atoms with E-state index in [1.54, 1.807) is 16.8 Å². The Morgan fingerprint density at radius 3 is 2.90 bits per heavy atom. The molecule has 0 amide bonds. The highest BCUT2D eigenvalue weighted by molar-refractivity contribution is 7.98. The van der Waals surface area contributed by atoms with Crippen LogP contribution in [0.2, 0.25) is 0 Å². The predicted octanol–water partition coefficient (Wildman–Crippen LogP) is 2.84. The van der Waals surface area contributed by atoms with Crippen molar-refractivity contribution in [2.45, 2.75) is 24.3 Å². The molecule has 21 heavy (non-hydrogen) atoms. The topological polar surface area (TPSA) is 85.9 Å². The molecule has 2 rings (SSSR count). The van der Waals surface area contributed by atoms with Gasteiger partial charge < -0.3 is 5.32 Å². The lowest BCUT2D eigenvalue weighted by Crippen LogP contribution is -2.03. The summed E-state index contributed by atoms with van der Waals surface area (Å²) in [6, 6.07) is 5.27. The molecule has 0 aliphatic rings. The first-order valence-electron chi connectivity index (χ1n) is 6.59. The maximum Gasteiger partial charge on any atom is 0.292 e. The third-order valence-electron chi connectivity index (χ3n) is 2.86. The lowest BCUT2D eigenvalue weighted by Gasteiger charge is -2.07. The van der Waals surface area contributed by atoms with E-state index in [1.165, 1.54) is 18.1 Å². The second-order valence-corrected chi connectivity index (χ2v) is 5.43. The van der Waals surface area contributed by atoms with Crippen molar-refractivity contribution in [1.29, 1.82) is 0 Å². The monoisotopic (exact) mass is 307 g/mol. The molecule has 0 saturated heterocycles. The van der Waals surface area contributed by atoms with Crippen molar-refractivity contribution in [3.8, 4) is 0 Å². The molecule has 0 atom stereocenters. The highest BCUT2D eigenvalue weighted by Crippen LogP contribution is 2.28. The van der Waals surface area contributed by atoms with E-state index in [2.05, 4.69) is 15.4 Å². The van der Waals surface area contributed by atoms with Gasteiger partial charge in [0.1, 0.15) is 12.0 Å². The Labute approximate surface area is 126 Å². The molecule has 0 unspecified atom stereocenters. The lowest BCUT2D eigenvalue weighted by atomic mass is 10.2. The average molecular weight is 307 g/mol. The number of anilines is 1. The quantitative estimate of drug-likeness (QED) is 0.481. The van der Waals surface area contributed by atoms with Crippen molar-refractivity contribution in [2.24, 2.45) is 7.05 Å². The molecule has 0 aliphatic heterocycles. The van der Waals surface area contributed by atoms with Gasteiger partial charge >= 0.3 is 0 Å². The van der Waals surface area contributed by atoms with E-state index in [1.807, 2.05) is 20.0 Å². The van der Waals surface area contributed by atoms with Crippen molar-refractivity contribution >= 4 is 23.1 Å². The first-order chi connectivity index (χ1) is 10.1. The Balaban J connectivity index is 2.12. The molecule has 2 aromatic rings. The molecule has 112 valence electrons. The number of aryl methyl sites for hydroxylation is 1. The van der Waals surface area contributed by atoms with Gasteiger partial charge in [-0.25, -0.2) is 9.67 Å². The fraction of sp³-hybridized carbons (Fsp3) is 0.385. The van der Waals surface area contributed by atoms with E-state index in [4.69, 9.17) is 0 Å². The highest BCUT2D eigenvalue weighted by Gasteiger charge is 2.14. The van der Waals surface area contributed by atoms with E-state index < -0.39 is 0 Å². The first-order valence-corrected chi connectivity index (χ1v) is 7.58. The second kappa shape index (κ2) is 7.07. The summed E-state index contributed by atoms with van der Waals surface area (Å²) in [5.74, 6) is 0.613. The number of nitro groups is 1. The van der Waals surface area contributed by atoms with Gasteiger partial charge in [-0.2, -0.15) is 5.10 Å². The van der Waals surface area contributed by atoms with Gasteiger partial charge in [0.2, 0.25) is 0 Å². The van der Waals surface area contributed by atoms with Crippen LogP contribution in [0.5, 0.6) is 0 Å². The molecule has 0 aliphatic carbocycles. The van der Waals surface area contributed by atoms with Crippen molar-refractivity contribution in [2.75, 3.05) is 11.9 Å². The summed E-state index contributed by atoms with van der Waals surface area (Å²) in [5, 5.41) is 19.0. The van der Waals surface area contributed by atoms with Crippen LogP contribution in [-0.4, -0.2) is 26.2 Å². The van der Waals surface area contributed by atoms with Crippen LogP contribution in [-0.2, 0) is 12.8 Å². The maximum atomic E-state index is 11.2. The van der Waals surface area contributed by atoms with E-state index in [-0.39, 0.29) is 10.6 Å². The van der Waals surface area contributed by atoms with Crippen LogP contribution in [0.25, 0.3) is 0 Å². The number of thioether (sulfide) groups is 1. The smallest absolute Gasteiger partial charge is 0.292 e. The van der Waals surface area contributed by atoms with Gasteiger partial charge in [0.05, 0.1) is 4.92 Å². The van der Waals surface area contributed by atoms with Crippen LogP contribution in [0.1, 0.15) is 18.9 Å². The predicted molar refractivity (Wildman–Crippen MR) is 82.4 cm³/mol. The van der Waals surface area contributed by atoms with E-state index in [9.17, 15) is 10.1 Å². The number of benzene rings is 1. The van der Waals surface area contributed by atoms with Crippen molar-refractivity contribution in [3.63, 3.8) is 0 Å². The van der Waals surface area contributed by atoms with Gasteiger partial charge in [-0.1, -0.05) is 24.8 Å². The molecule has 0 bridgehead atoms. The third-order valence-corrected chi connectivity index (χ3v) is 3.97. The van der Waals surface area contributed by atoms with Crippen molar-refractivity contribution in [1.82, 2.24) is 14.8 Å². The molecule has 7 nitrogen and oxygen atoms in total. The Morgan fingerprint density at radius 1 is 1.48 bits per heavy atom. The first kappa shape index (κ1) is 15.3. The number of nitrogens with zero attached hydrogens (tertiary/aromatic N) is 4. The highest BCUT2D eigenvalue weighted by atomic mass is 32.2. The maximum absolute atomic E-state index is 11.2. The molecule has 1 aromatic heterocycles. The standard InChI is InChI=1S/C13H17N5O2S/c1-3-6-14-11-5-4-10(7-12(11)18(19)20)8-21-13-15-9-16-17(13)2/h4-5,7,9,14H,3,6,8H2,1-2H3. The molecule has 1 N–H and O–H groups in total. The number of aromatic nitrogens is 3. The van der Waals surface area contributed by atoms with Crippen LogP contribution in [0.4, 0.5) is 11.4 Å². The molecular formula is C13H17N5O2S. The third kappa shape index (κ3) is 3.94. The van der Waals surface area contributed by atoms with Crippen LogP contribution in [0.15, 0.2) is 29.7 Å². The molecule has 0 fully saturated rings. The fourth-order valence-electron chi connectivity index (χ4n) is 1.79.